The lowest BCUT2D eigenvalue weighted by molar-refractivity contribution is 0.672. The van der Waals surface area contributed by atoms with Crippen molar-refractivity contribution in [1.82, 2.24) is 10.3 Å². The van der Waals surface area contributed by atoms with E-state index in [4.69, 9.17) is 17.2 Å². The Kier molecular flexibility index (Phi) is 4.06. The molecule has 21 heavy (non-hydrogen) atoms. The molecular formula is C17H21N3S. The number of benzene rings is 1. The SMILES string of the molecule is CC(C)NC(=S)Nc1c2c(nc3ccccc13)CCCC2. The molecule has 0 amide bonds. The van der Waals surface area contributed by atoms with Gasteiger partial charge in [0.25, 0.3) is 0 Å². The highest BCUT2D eigenvalue weighted by Crippen LogP contribution is 2.33. The number of hydrogen-bond donors (Lipinski definition) is 2. The average molecular weight is 299 g/mol. The van der Waals surface area contributed by atoms with Crippen LogP contribution in [0.2, 0.25) is 0 Å². The van der Waals surface area contributed by atoms with Crippen LogP contribution in [-0.4, -0.2) is 16.1 Å². The van der Waals surface area contributed by atoms with E-state index in [0.29, 0.717) is 11.2 Å². The van der Waals surface area contributed by atoms with Crippen molar-refractivity contribution in [2.24, 2.45) is 0 Å². The highest BCUT2D eigenvalue weighted by atomic mass is 32.1. The van der Waals surface area contributed by atoms with Gasteiger partial charge in [0.05, 0.1) is 11.2 Å². The minimum Gasteiger partial charge on any atom is -0.360 e. The minimum absolute atomic E-state index is 0.328. The number of thiocarbonyl (C=S) groups is 1. The number of pyridine rings is 1. The Morgan fingerprint density at radius 1 is 1.19 bits per heavy atom. The lowest BCUT2D eigenvalue weighted by atomic mass is 9.93. The fourth-order valence-electron chi connectivity index (χ4n) is 2.93. The van der Waals surface area contributed by atoms with Crippen LogP contribution in [0.3, 0.4) is 0 Å². The van der Waals surface area contributed by atoms with Crippen LogP contribution in [0.5, 0.6) is 0 Å². The van der Waals surface area contributed by atoms with Gasteiger partial charge in [0.2, 0.25) is 0 Å². The summed E-state index contributed by atoms with van der Waals surface area (Å²) in [7, 11) is 0. The van der Waals surface area contributed by atoms with Crippen molar-refractivity contribution in [2.45, 2.75) is 45.6 Å². The zero-order valence-electron chi connectivity index (χ0n) is 12.6. The van der Waals surface area contributed by atoms with Gasteiger partial charge in [-0.1, -0.05) is 18.2 Å². The summed E-state index contributed by atoms with van der Waals surface area (Å²) in [6, 6.07) is 8.63. The Labute approximate surface area is 131 Å². The summed E-state index contributed by atoms with van der Waals surface area (Å²) in [4.78, 5) is 4.84. The summed E-state index contributed by atoms with van der Waals surface area (Å²) < 4.78 is 0. The molecule has 1 heterocycles. The fourth-order valence-corrected chi connectivity index (χ4v) is 3.26. The number of rotatable bonds is 2. The first-order chi connectivity index (χ1) is 10.1. The van der Waals surface area contributed by atoms with E-state index in [-0.39, 0.29) is 0 Å². The third-order valence-corrected chi connectivity index (χ3v) is 4.05. The van der Waals surface area contributed by atoms with Crippen molar-refractivity contribution in [3.63, 3.8) is 0 Å². The van der Waals surface area contributed by atoms with Gasteiger partial charge in [-0.05, 0) is 63.4 Å². The molecule has 0 saturated carbocycles. The van der Waals surface area contributed by atoms with Crippen LogP contribution in [0.25, 0.3) is 10.9 Å². The maximum atomic E-state index is 5.44. The van der Waals surface area contributed by atoms with Crippen molar-refractivity contribution in [2.75, 3.05) is 5.32 Å². The highest BCUT2D eigenvalue weighted by molar-refractivity contribution is 7.80. The van der Waals surface area contributed by atoms with Crippen LogP contribution < -0.4 is 10.6 Å². The predicted molar refractivity (Wildman–Crippen MR) is 92.9 cm³/mol. The minimum atomic E-state index is 0.328. The fraction of sp³-hybridized carbons (Fsp3) is 0.412. The molecule has 0 aliphatic heterocycles. The molecule has 0 radical (unpaired) electrons. The Hall–Kier alpha value is -1.68. The van der Waals surface area contributed by atoms with Crippen molar-refractivity contribution in [1.29, 1.82) is 0 Å². The number of aromatic nitrogens is 1. The number of nitrogens with one attached hydrogen (secondary N) is 2. The average Bonchev–Trinajstić information content (AvgIpc) is 2.46. The third kappa shape index (κ3) is 3.00. The van der Waals surface area contributed by atoms with Crippen LogP contribution in [-0.2, 0) is 12.8 Å². The van der Waals surface area contributed by atoms with Gasteiger partial charge < -0.3 is 10.6 Å². The molecule has 1 aliphatic carbocycles. The smallest absolute Gasteiger partial charge is 0.171 e. The Balaban J connectivity index is 2.07. The van der Waals surface area contributed by atoms with Gasteiger partial charge in [-0.3, -0.25) is 4.98 Å². The summed E-state index contributed by atoms with van der Waals surface area (Å²) in [6.45, 7) is 4.18. The molecule has 3 nitrogen and oxygen atoms in total. The molecule has 1 aliphatic rings. The first kappa shape index (κ1) is 14.3. The summed E-state index contributed by atoms with van der Waals surface area (Å²) >= 11 is 5.44. The summed E-state index contributed by atoms with van der Waals surface area (Å²) in [6.07, 6.45) is 4.61. The Bertz CT molecular complexity index is 679. The van der Waals surface area contributed by atoms with Gasteiger partial charge in [-0.15, -0.1) is 0 Å². The Morgan fingerprint density at radius 3 is 2.76 bits per heavy atom. The van der Waals surface area contributed by atoms with E-state index in [1.807, 2.05) is 6.07 Å². The standard InChI is InChI=1S/C17H21N3S/c1-11(2)18-17(21)20-16-12-7-3-5-9-14(12)19-15-10-6-4-8-13(15)16/h3,5,7,9,11H,4,6,8,10H2,1-2H3,(H2,18,19,20,21). The Morgan fingerprint density at radius 2 is 1.95 bits per heavy atom. The number of para-hydroxylation sites is 1. The number of fused-ring (bicyclic) bond motifs is 2. The van der Waals surface area contributed by atoms with Crippen molar-refractivity contribution in [3.8, 4) is 0 Å². The molecule has 0 atom stereocenters. The summed E-state index contributed by atoms with van der Waals surface area (Å²) in [5, 5.41) is 8.53. The van der Waals surface area contributed by atoms with Gasteiger partial charge in [-0.2, -0.15) is 0 Å². The third-order valence-electron chi connectivity index (χ3n) is 3.83. The van der Waals surface area contributed by atoms with Crippen LogP contribution in [0.15, 0.2) is 24.3 Å². The molecule has 0 fully saturated rings. The quantitative estimate of drug-likeness (QED) is 0.827. The normalized spacial score (nSPS) is 14.0. The number of anilines is 1. The molecule has 110 valence electrons. The highest BCUT2D eigenvalue weighted by Gasteiger charge is 2.18. The van der Waals surface area contributed by atoms with Crippen LogP contribution in [0.4, 0.5) is 5.69 Å². The molecule has 0 bridgehead atoms. The second-order valence-corrected chi connectivity index (χ2v) is 6.30. The summed E-state index contributed by atoms with van der Waals surface area (Å²) in [5.74, 6) is 0. The molecule has 0 saturated heterocycles. The second-order valence-electron chi connectivity index (χ2n) is 5.89. The van der Waals surface area contributed by atoms with Gasteiger partial charge >= 0.3 is 0 Å². The first-order valence-electron chi connectivity index (χ1n) is 7.63. The molecule has 4 heteroatoms. The van der Waals surface area contributed by atoms with E-state index in [0.717, 1.165) is 29.4 Å². The maximum absolute atomic E-state index is 5.44. The number of hydrogen-bond acceptors (Lipinski definition) is 2. The molecule has 3 rings (SSSR count). The number of aryl methyl sites for hydroxylation is 1. The van der Waals surface area contributed by atoms with E-state index in [9.17, 15) is 0 Å². The lowest BCUT2D eigenvalue weighted by Gasteiger charge is -2.22. The molecule has 2 aromatic rings. The van der Waals surface area contributed by atoms with E-state index in [2.05, 4.69) is 42.7 Å². The number of nitrogens with zero attached hydrogens (tertiary/aromatic N) is 1. The van der Waals surface area contributed by atoms with Crippen molar-refractivity contribution >= 4 is 33.9 Å². The largest absolute Gasteiger partial charge is 0.360 e. The zero-order chi connectivity index (χ0) is 14.8. The lowest BCUT2D eigenvalue weighted by Crippen LogP contribution is -2.34. The monoisotopic (exact) mass is 299 g/mol. The van der Waals surface area contributed by atoms with Gasteiger partial charge in [0.1, 0.15) is 0 Å². The predicted octanol–water partition coefficient (Wildman–Crippen LogP) is 3.81. The van der Waals surface area contributed by atoms with E-state index < -0.39 is 0 Å². The van der Waals surface area contributed by atoms with Crippen molar-refractivity contribution in [3.05, 3.63) is 35.5 Å². The molecule has 0 unspecified atom stereocenters. The molecule has 0 spiro atoms. The van der Waals surface area contributed by atoms with Gasteiger partial charge in [-0.25, -0.2) is 0 Å². The summed E-state index contributed by atoms with van der Waals surface area (Å²) in [5.41, 5.74) is 4.77. The first-order valence-corrected chi connectivity index (χ1v) is 8.04. The maximum Gasteiger partial charge on any atom is 0.171 e. The van der Waals surface area contributed by atoms with Crippen molar-refractivity contribution < 1.29 is 0 Å². The van der Waals surface area contributed by atoms with Gasteiger partial charge in [0.15, 0.2) is 5.11 Å². The molecule has 1 aromatic carbocycles. The topological polar surface area (TPSA) is 37.0 Å². The van der Waals surface area contributed by atoms with Crippen LogP contribution >= 0.6 is 12.2 Å². The van der Waals surface area contributed by atoms with E-state index in [1.165, 1.54) is 24.1 Å². The molecule has 2 N–H and O–H groups in total. The van der Waals surface area contributed by atoms with Gasteiger partial charge in [0, 0.05) is 17.1 Å². The van der Waals surface area contributed by atoms with E-state index >= 15 is 0 Å². The zero-order valence-corrected chi connectivity index (χ0v) is 13.4. The van der Waals surface area contributed by atoms with Crippen LogP contribution in [0.1, 0.15) is 37.9 Å². The molecule has 1 aromatic heterocycles. The molecular weight excluding hydrogens is 278 g/mol. The van der Waals surface area contributed by atoms with Crippen LogP contribution in [0, 0.1) is 0 Å². The van der Waals surface area contributed by atoms with E-state index in [1.54, 1.807) is 0 Å². The second kappa shape index (κ2) is 5.98.